The van der Waals surface area contributed by atoms with E-state index < -0.39 is 0 Å². The Bertz CT molecular complexity index is 106. The normalized spacial score (nSPS) is 13.1. The van der Waals surface area contributed by atoms with E-state index in [0.29, 0.717) is 0 Å². The lowest BCUT2D eigenvalue weighted by Gasteiger charge is -2.10. The van der Waals surface area contributed by atoms with Crippen LogP contribution in [0.4, 0.5) is 0 Å². The molecule has 0 amide bonds. The Morgan fingerprint density at radius 2 is 2.00 bits per heavy atom. The van der Waals surface area contributed by atoms with Gasteiger partial charge in [-0.2, -0.15) is 11.8 Å². The maximum atomic E-state index is 3.54. The first-order chi connectivity index (χ1) is 6.81. The van der Waals surface area contributed by atoms with Gasteiger partial charge in [0.15, 0.2) is 0 Å². The first-order valence-corrected chi connectivity index (χ1v) is 7.40. The van der Waals surface area contributed by atoms with Crippen molar-refractivity contribution in [3.8, 4) is 0 Å². The Morgan fingerprint density at radius 1 is 1.21 bits per heavy atom. The molecule has 0 radical (unpaired) electrons. The lowest BCUT2D eigenvalue weighted by atomic mass is 10.1. The fraction of sp³-hybridized carbons (Fsp3) is 1.00. The SMILES string of the molecule is CCCC(C)CNCCCCCSC. The third-order valence-electron chi connectivity index (χ3n) is 2.48. The molecule has 0 heterocycles. The second kappa shape index (κ2) is 11.4. The maximum absolute atomic E-state index is 3.54. The highest BCUT2D eigenvalue weighted by Crippen LogP contribution is 2.04. The molecule has 0 aliphatic carbocycles. The van der Waals surface area contributed by atoms with Crippen molar-refractivity contribution < 1.29 is 0 Å². The smallest absolute Gasteiger partial charge is 0.00232 e. The summed E-state index contributed by atoms with van der Waals surface area (Å²) in [6, 6.07) is 0. The van der Waals surface area contributed by atoms with Gasteiger partial charge in [0, 0.05) is 0 Å². The molecule has 0 rings (SSSR count). The van der Waals surface area contributed by atoms with Crippen LogP contribution in [0.3, 0.4) is 0 Å². The minimum atomic E-state index is 0.853. The van der Waals surface area contributed by atoms with E-state index in [-0.39, 0.29) is 0 Å². The van der Waals surface area contributed by atoms with Gasteiger partial charge in [-0.05, 0) is 50.3 Å². The molecule has 0 aliphatic heterocycles. The van der Waals surface area contributed by atoms with Crippen molar-refractivity contribution in [2.24, 2.45) is 5.92 Å². The van der Waals surface area contributed by atoms with Crippen LogP contribution in [0.1, 0.15) is 46.0 Å². The van der Waals surface area contributed by atoms with Gasteiger partial charge < -0.3 is 5.32 Å². The molecule has 0 aromatic heterocycles. The van der Waals surface area contributed by atoms with Crippen LogP contribution in [-0.4, -0.2) is 25.1 Å². The molecule has 0 bridgehead atoms. The molecule has 0 aromatic carbocycles. The van der Waals surface area contributed by atoms with Crippen LogP contribution >= 0.6 is 11.8 Å². The van der Waals surface area contributed by atoms with Gasteiger partial charge in [0.05, 0.1) is 0 Å². The van der Waals surface area contributed by atoms with Crippen molar-refractivity contribution >= 4 is 11.8 Å². The molecule has 0 saturated carbocycles. The summed E-state index contributed by atoms with van der Waals surface area (Å²) in [5.41, 5.74) is 0. The molecule has 1 N–H and O–H groups in total. The molecule has 1 nitrogen and oxygen atoms in total. The minimum absolute atomic E-state index is 0.853. The summed E-state index contributed by atoms with van der Waals surface area (Å²) in [6.45, 7) is 7.02. The molecule has 86 valence electrons. The fourth-order valence-corrected chi connectivity index (χ4v) is 2.11. The third kappa shape index (κ3) is 10.4. The van der Waals surface area contributed by atoms with Crippen LogP contribution in [0.25, 0.3) is 0 Å². The zero-order valence-electron chi connectivity index (χ0n) is 10.1. The first kappa shape index (κ1) is 14.3. The zero-order chi connectivity index (χ0) is 10.6. The highest BCUT2D eigenvalue weighted by Gasteiger charge is 1.98. The van der Waals surface area contributed by atoms with Crippen LogP contribution in [0, 0.1) is 5.92 Å². The number of thioether (sulfide) groups is 1. The van der Waals surface area contributed by atoms with E-state index in [2.05, 4.69) is 25.4 Å². The molecule has 2 heteroatoms. The average molecular weight is 217 g/mol. The topological polar surface area (TPSA) is 12.0 Å². The standard InChI is InChI=1S/C12H27NS/c1-4-8-12(2)11-13-9-6-5-7-10-14-3/h12-13H,4-11H2,1-3H3. The lowest BCUT2D eigenvalue weighted by molar-refractivity contribution is 0.470. The van der Waals surface area contributed by atoms with Crippen molar-refractivity contribution in [3.63, 3.8) is 0 Å². The van der Waals surface area contributed by atoms with E-state index in [1.54, 1.807) is 0 Å². The Kier molecular flexibility index (Phi) is 11.6. The van der Waals surface area contributed by atoms with E-state index in [1.165, 1.54) is 50.9 Å². The highest BCUT2D eigenvalue weighted by molar-refractivity contribution is 7.98. The molecular formula is C12H27NS. The van der Waals surface area contributed by atoms with Crippen molar-refractivity contribution in [3.05, 3.63) is 0 Å². The summed E-state index contributed by atoms with van der Waals surface area (Å²) < 4.78 is 0. The van der Waals surface area contributed by atoms with Gasteiger partial charge in [0.2, 0.25) is 0 Å². The average Bonchev–Trinajstić information content (AvgIpc) is 2.17. The number of hydrogen-bond acceptors (Lipinski definition) is 2. The van der Waals surface area contributed by atoms with Crippen molar-refractivity contribution in [1.29, 1.82) is 0 Å². The van der Waals surface area contributed by atoms with Crippen LogP contribution in [0.5, 0.6) is 0 Å². The van der Waals surface area contributed by atoms with Gasteiger partial charge in [-0.25, -0.2) is 0 Å². The maximum Gasteiger partial charge on any atom is -0.00232 e. The van der Waals surface area contributed by atoms with Gasteiger partial charge in [0.1, 0.15) is 0 Å². The summed E-state index contributed by atoms with van der Waals surface area (Å²) in [6.07, 6.45) is 8.98. The van der Waals surface area contributed by atoms with Gasteiger partial charge in [-0.1, -0.05) is 26.7 Å². The predicted molar refractivity (Wildman–Crippen MR) is 69.2 cm³/mol. The Morgan fingerprint density at radius 3 is 2.64 bits per heavy atom. The highest BCUT2D eigenvalue weighted by atomic mass is 32.2. The Labute approximate surface area is 94.4 Å². The van der Waals surface area contributed by atoms with Gasteiger partial charge in [0.25, 0.3) is 0 Å². The van der Waals surface area contributed by atoms with E-state index in [4.69, 9.17) is 0 Å². The number of hydrogen-bond donors (Lipinski definition) is 1. The monoisotopic (exact) mass is 217 g/mol. The van der Waals surface area contributed by atoms with Gasteiger partial charge in [-0.3, -0.25) is 0 Å². The van der Waals surface area contributed by atoms with Gasteiger partial charge in [-0.15, -0.1) is 0 Å². The zero-order valence-corrected chi connectivity index (χ0v) is 11.0. The largest absolute Gasteiger partial charge is 0.316 e. The van der Waals surface area contributed by atoms with E-state index >= 15 is 0 Å². The third-order valence-corrected chi connectivity index (χ3v) is 3.17. The molecule has 0 aliphatic rings. The quantitative estimate of drug-likeness (QED) is 0.562. The molecule has 14 heavy (non-hydrogen) atoms. The van der Waals surface area contributed by atoms with Gasteiger partial charge >= 0.3 is 0 Å². The summed E-state index contributed by atoms with van der Waals surface area (Å²) in [5, 5.41) is 3.54. The minimum Gasteiger partial charge on any atom is -0.316 e. The van der Waals surface area contributed by atoms with Crippen molar-refractivity contribution in [1.82, 2.24) is 5.32 Å². The van der Waals surface area contributed by atoms with Crippen LogP contribution in [-0.2, 0) is 0 Å². The van der Waals surface area contributed by atoms with E-state index in [9.17, 15) is 0 Å². The lowest BCUT2D eigenvalue weighted by Crippen LogP contribution is -2.22. The predicted octanol–water partition coefficient (Wildman–Crippen LogP) is 3.55. The number of unbranched alkanes of at least 4 members (excludes halogenated alkanes) is 2. The number of rotatable bonds is 10. The Hall–Kier alpha value is 0.310. The molecule has 0 saturated heterocycles. The Balaban J connectivity index is 2.98. The van der Waals surface area contributed by atoms with E-state index in [0.717, 1.165) is 5.92 Å². The summed E-state index contributed by atoms with van der Waals surface area (Å²) in [5.74, 6) is 2.18. The fourth-order valence-electron chi connectivity index (χ4n) is 1.62. The molecular weight excluding hydrogens is 190 g/mol. The molecule has 0 fully saturated rings. The summed E-state index contributed by atoms with van der Waals surface area (Å²) in [7, 11) is 0. The van der Waals surface area contributed by atoms with Crippen molar-refractivity contribution in [2.45, 2.75) is 46.0 Å². The number of nitrogens with one attached hydrogen (secondary N) is 1. The molecule has 0 aromatic rings. The first-order valence-electron chi connectivity index (χ1n) is 6.00. The molecule has 1 atom stereocenters. The van der Waals surface area contributed by atoms with Crippen LogP contribution in [0.2, 0.25) is 0 Å². The molecule has 0 spiro atoms. The second-order valence-electron chi connectivity index (χ2n) is 4.15. The summed E-state index contributed by atoms with van der Waals surface area (Å²) in [4.78, 5) is 0. The summed E-state index contributed by atoms with van der Waals surface area (Å²) >= 11 is 1.96. The molecule has 1 unspecified atom stereocenters. The van der Waals surface area contributed by atoms with E-state index in [1.807, 2.05) is 11.8 Å². The van der Waals surface area contributed by atoms with Crippen LogP contribution in [0.15, 0.2) is 0 Å². The van der Waals surface area contributed by atoms with Crippen LogP contribution < -0.4 is 5.32 Å². The second-order valence-corrected chi connectivity index (χ2v) is 5.14. The van der Waals surface area contributed by atoms with Crippen molar-refractivity contribution in [2.75, 3.05) is 25.1 Å².